The van der Waals surface area contributed by atoms with Gasteiger partial charge in [-0.05, 0) is 48.5 Å². The highest BCUT2D eigenvalue weighted by molar-refractivity contribution is 7.92. The molecule has 0 saturated carbocycles. The molecule has 0 saturated heterocycles. The first kappa shape index (κ1) is 19.4. The second-order valence-corrected chi connectivity index (χ2v) is 8.11. The number of carbonyl (C=O) groups is 1. The van der Waals surface area contributed by atoms with E-state index in [9.17, 15) is 18.0 Å². The molecule has 0 bridgehead atoms. The minimum Gasteiger partial charge on any atom is -0.423 e. The molecule has 0 unspecified atom stereocenters. The van der Waals surface area contributed by atoms with Gasteiger partial charge < -0.3 is 9.73 Å². The summed E-state index contributed by atoms with van der Waals surface area (Å²) in [5.41, 5.74) is 0.678. The number of sulfonamides is 1. The van der Waals surface area contributed by atoms with Crippen molar-refractivity contribution in [2.75, 3.05) is 10.0 Å². The summed E-state index contributed by atoms with van der Waals surface area (Å²) in [6.45, 7) is 0. The Kier molecular flexibility index (Phi) is 5.07. The maximum absolute atomic E-state index is 12.9. The van der Waals surface area contributed by atoms with Crippen LogP contribution in [0.1, 0.15) is 10.4 Å². The van der Waals surface area contributed by atoms with Gasteiger partial charge in [0.15, 0.2) is 0 Å². The Morgan fingerprint density at radius 1 is 0.833 bits per heavy atom. The van der Waals surface area contributed by atoms with Crippen LogP contribution in [-0.4, -0.2) is 14.3 Å². The van der Waals surface area contributed by atoms with E-state index in [1.165, 1.54) is 42.5 Å². The molecule has 0 spiro atoms. The standard InChI is InChI=1S/C22H16N2O5S/c25-21-13-10-15-14-17(11-12-20(15)29-21)30(27,28)24-19-9-5-4-8-18(19)22(26)23-16-6-2-1-3-7-16/h1-14,24H,(H,23,26). The lowest BCUT2D eigenvalue weighted by molar-refractivity contribution is 0.102. The Hall–Kier alpha value is -3.91. The van der Waals surface area contributed by atoms with Crippen molar-refractivity contribution in [1.29, 1.82) is 0 Å². The van der Waals surface area contributed by atoms with Gasteiger partial charge in [-0.2, -0.15) is 0 Å². The highest BCUT2D eigenvalue weighted by Gasteiger charge is 2.19. The van der Waals surface area contributed by atoms with E-state index >= 15 is 0 Å². The van der Waals surface area contributed by atoms with Gasteiger partial charge in [-0.15, -0.1) is 0 Å². The molecule has 1 aromatic heterocycles. The molecule has 0 radical (unpaired) electrons. The van der Waals surface area contributed by atoms with E-state index in [0.29, 0.717) is 11.1 Å². The van der Waals surface area contributed by atoms with Gasteiger partial charge in [0, 0.05) is 17.1 Å². The summed E-state index contributed by atoms with van der Waals surface area (Å²) in [6.07, 6.45) is 0. The molecule has 0 aliphatic heterocycles. The van der Waals surface area contributed by atoms with Gasteiger partial charge in [0.25, 0.3) is 15.9 Å². The van der Waals surface area contributed by atoms with Crippen molar-refractivity contribution in [2.45, 2.75) is 4.90 Å². The molecule has 8 heteroatoms. The predicted octanol–water partition coefficient (Wildman–Crippen LogP) is 3.85. The largest absolute Gasteiger partial charge is 0.423 e. The fourth-order valence-corrected chi connectivity index (χ4v) is 4.03. The van der Waals surface area contributed by atoms with E-state index in [1.807, 2.05) is 6.07 Å². The topological polar surface area (TPSA) is 105 Å². The van der Waals surface area contributed by atoms with Gasteiger partial charge in [-0.1, -0.05) is 30.3 Å². The van der Waals surface area contributed by atoms with Gasteiger partial charge >= 0.3 is 5.63 Å². The molecule has 4 rings (SSSR count). The van der Waals surface area contributed by atoms with Crippen molar-refractivity contribution in [3.8, 4) is 0 Å². The molecule has 0 fully saturated rings. The normalized spacial score (nSPS) is 11.2. The molecule has 0 atom stereocenters. The zero-order chi connectivity index (χ0) is 21.1. The lowest BCUT2D eigenvalue weighted by Crippen LogP contribution is -2.18. The van der Waals surface area contributed by atoms with Gasteiger partial charge in [0.2, 0.25) is 0 Å². The molecule has 3 aromatic carbocycles. The number of benzene rings is 3. The van der Waals surface area contributed by atoms with Crippen molar-refractivity contribution in [3.63, 3.8) is 0 Å². The second kappa shape index (κ2) is 7.84. The monoisotopic (exact) mass is 420 g/mol. The number of amides is 1. The molecular formula is C22H16N2O5S. The molecular weight excluding hydrogens is 404 g/mol. The quantitative estimate of drug-likeness (QED) is 0.477. The maximum Gasteiger partial charge on any atom is 0.336 e. The number of anilines is 2. The molecule has 150 valence electrons. The molecule has 1 heterocycles. The Labute approximate surface area is 172 Å². The number of hydrogen-bond donors (Lipinski definition) is 2. The van der Waals surface area contributed by atoms with Crippen molar-refractivity contribution in [2.24, 2.45) is 0 Å². The van der Waals surface area contributed by atoms with Crippen LogP contribution in [-0.2, 0) is 10.0 Å². The highest BCUT2D eigenvalue weighted by atomic mass is 32.2. The van der Waals surface area contributed by atoms with E-state index < -0.39 is 21.6 Å². The molecule has 1 amide bonds. The number of fused-ring (bicyclic) bond motifs is 1. The molecule has 0 aliphatic carbocycles. The Balaban J connectivity index is 1.64. The molecule has 30 heavy (non-hydrogen) atoms. The smallest absolute Gasteiger partial charge is 0.336 e. The van der Waals surface area contributed by atoms with Crippen LogP contribution in [0.4, 0.5) is 11.4 Å². The molecule has 7 nitrogen and oxygen atoms in total. The summed E-state index contributed by atoms with van der Waals surface area (Å²) in [5, 5.41) is 3.20. The summed E-state index contributed by atoms with van der Waals surface area (Å²) >= 11 is 0. The van der Waals surface area contributed by atoms with Gasteiger partial charge in [0.1, 0.15) is 5.58 Å². The van der Waals surface area contributed by atoms with Crippen LogP contribution < -0.4 is 15.7 Å². The number of para-hydroxylation sites is 2. The molecule has 4 aromatic rings. The maximum atomic E-state index is 12.9. The highest BCUT2D eigenvalue weighted by Crippen LogP contribution is 2.23. The SMILES string of the molecule is O=C(Nc1ccccc1)c1ccccc1NS(=O)(=O)c1ccc2oc(=O)ccc2c1. The lowest BCUT2D eigenvalue weighted by Gasteiger charge is -2.13. The first-order valence-corrected chi connectivity index (χ1v) is 10.4. The number of rotatable bonds is 5. The predicted molar refractivity (Wildman–Crippen MR) is 114 cm³/mol. The zero-order valence-corrected chi connectivity index (χ0v) is 16.3. The molecule has 2 N–H and O–H groups in total. The van der Waals surface area contributed by atoms with Crippen LogP contribution in [0.5, 0.6) is 0 Å². The summed E-state index contributed by atoms with van der Waals surface area (Å²) in [5.74, 6) is -0.445. The summed E-state index contributed by atoms with van der Waals surface area (Å²) in [6, 6.07) is 22.0. The van der Waals surface area contributed by atoms with Crippen molar-refractivity contribution in [3.05, 3.63) is 101 Å². The van der Waals surface area contributed by atoms with Gasteiger partial charge in [-0.25, -0.2) is 13.2 Å². The first-order valence-electron chi connectivity index (χ1n) is 8.94. The fourth-order valence-electron chi connectivity index (χ4n) is 2.91. The van der Waals surface area contributed by atoms with E-state index in [4.69, 9.17) is 4.42 Å². The third-order valence-corrected chi connectivity index (χ3v) is 5.71. The Morgan fingerprint density at radius 3 is 2.37 bits per heavy atom. The first-order chi connectivity index (χ1) is 14.4. The van der Waals surface area contributed by atoms with Gasteiger partial charge in [-0.3, -0.25) is 9.52 Å². The van der Waals surface area contributed by atoms with Crippen LogP contribution in [0.2, 0.25) is 0 Å². The lowest BCUT2D eigenvalue weighted by atomic mass is 10.1. The average Bonchev–Trinajstić information content (AvgIpc) is 2.74. The Morgan fingerprint density at radius 2 is 1.57 bits per heavy atom. The van der Waals surface area contributed by atoms with E-state index in [0.717, 1.165) is 0 Å². The number of hydrogen-bond acceptors (Lipinski definition) is 5. The van der Waals surface area contributed by atoms with Crippen LogP contribution >= 0.6 is 0 Å². The summed E-state index contributed by atoms with van der Waals surface area (Å²) in [7, 11) is -3.99. The summed E-state index contributed by atoms with van der Waals surface area (Å²) < 4.78 is 33.3. The van der Waals surface area contributed by atoms with Crippen molar-refractivity contribution >= 4 is 38.3 Å². The second-order valence-electron chi connectivity index (χ2n) is 6.43. The number of carbonyl (C=O) groups excluding carboxylic acids is 1. The zero-order valence-electron chi connectivity index (χ0n) is 15.5. The fraction of sp³-hybridized carbons (Fsp3) is 0. The van der Waals surface area contributed by atoms with E-state index in [1.54, 1.807) is 36.4 Å². The van der Waals surface area contributed by atoms with Crippen molar-refractivity contribution in [1.82, 2.24) is 0 Å². The van der Waals surface area contributed by atoms with E-state index in [2.05, 4.69) is 10.0 Å². The van der Waals surface area contributed by atoms with Crippen LogP contribution in [0.15, 0.2) is 99.0 Å². The minimum absolute atomic E-state index is 0.0258. The van der Waals surface area contributed by atoms with E-state index in [-0.39, 0.29) is 21.7 Å². The van der Waals surface area contributed by atoms with Crippen LogP contribution in [0.25, 0.3) is 11.0 Å². The van der Waals surface area contributed by atoms with Crippen LogP contribution in [0.3, 0.4) is 0 Å². The average molecular weight is 420 g/mol. The van der Waals surface area contributed by atoms with Crippen molar-refractivity contribution < 1.29 is 17.6 Å². The third-order valence-electron chi connectivity index (χ3n) is 4.35. The van der Waals surface area contributed by atoms with Crippen LogP contribution in [0, 0.1) is 0 Å². The molecule has 0 aliphatic rings. The minimum atomic E-state index is -3.99. The third kappa shape index (κ3) is 4.08. The number of nitrogens with one attached hydrogen (secondary N) is 2. The van der Waals surface area contributed by atoms with Gasteiger partial charge in [0.05, 0.1) is 16.1 Å². The Bertz CT molecular complexity index is 1400. The summed E-state index contributed by atoms with van der Waals surface area (Å²) in [4.78, 5) is 24.0.